The summed E-state index contributed by atoms with van der Waals surface area (Å²) in [5.41, 5.74) is 1.37. The fraction of sp³-hybridized carbons (Fsp3) is 0.571. The lowest BCUT2D eigenvalue weighted by Crippen LogP contribution is -2.25. The first kappa shape index (κ1) is 12.1. The molecule has 1 aliphatic rings. The summed E-state index contributed by atoms with van der Waals surface area (Å²) < 4.78 is 1.17. The molecule has 2 heteroatoms. The van der Waals surface area contributed by atoms with Crippen molar-refractivity contribution >= 4 is 15.9 Å². The van der Waals surface area contributed by atoms with Crippen molar-refractivity contribution in [2.45, 2.75) is 45.2 Å². The van der Waals surface area contributed by atoms with Crippen LogP contribution in [0.2, 0.25) is 0 Å². The predicted molar refractivity (Wildman–Crippen MR) is 72.4 cm³/mol. The molecule has 0 bridgehead atoms. The molecular formula is C14H20BrN. The average molecular weight is 282 g/mol. The molecule has 1 fully saturated rings. The fourth-order valence-electron chi connectivity index (χ4n) is 2.54. The van der Waals surface area contributed by atoms with Crippen LogP contribution >= 0.6 is 15.9 Å². The van der Waals surface area contributed by atoms with Crippen LogP contribution in [0.25, 0.3) is 0 Å². The van der Waals surface area contributed by atoms with Crippen LogP contribution in [0.5, 0.6) is 0 Å². The van der Waals surface area contributed by atoms with E-state index in [1.54, 1.807) is 0 Å². The molecule has 2 rings (SSSR count). The predicted octanol–water partition coefficient (Wildman–Crippen LogP) is 4.12. The maximum absolute atomic E-state index is 3.67. The molecule has 88 valence electrons. The number of benzene rings is 1. The van der Waals surface area contributed by atoms with Crippen molar-refractivity contribution in [2.75, 3.05) is 0 Å². The lowest BCUT2D eigenvalue weighted by molar-refractivity contribution is 0.476. The van der Waals surface area contributed by atoms with Crippen LogP contribution in [-0.4, -0.2) is 6.04 Å². The highest BCUT2D eigenvalue weighted by atomic mass is 79.9. The number of hydrogen-bond acceptors (Lipinski definition) is 1. The summed E-state index contributed by atoms with van der Waals surface area (Å²) >= 11 is 3.51. The Balaban J connectivity index is 1.80. The van der Waals surface area contributed by atoms with Gasteiger partial charge >= 0.3 is 0 Å². The minimum absolute atomic E-state index is 0.740. The third-order valence-electron chi connectivity index (χ3n) is 3.60. The van der Waals surface area contributed by atoms with Gasteiger partial charge in [-0.25, -0.2) is 0 Å². The highest BCUT2D eigenvalue weighted by Crippen LogP contribution is 2.28. The highest BCUT2D eigenvalue weighted by molar-refractivity contribution is 9.10. The van der Waals surface area contributed by atoms with Crippen LogP contribution in [0.4, 0.5) is 0 Å². The zero-order valence-corrected chi connectivity index (χ0v) is 11.5. The van der Waals surface area contributed by atoms with Crippen LogP contribution in [-0.2, 0) is 6.54 Å². The second kappa shape index (κ2) is 5.83. The van der Waals surface area contributed by atoms with Gasteiger partial charge in [0.1, 0.15) is 0 Å². The minimum Gasteiger partial charge on any atom is -0.310 e. The van der Waals surface area contributed by atoms with Crippen molar-refractivity contribution in [3.63, 3.8) is 0 Å². The van der Waals surface area contributed by atoms with Gasteiger partial charge in [-0.15, -0.1) is 0 Å². The molecule has 0 saturated heterocycles. The molecular weight excluding hydrogens is 262 g/mol. The summed E-state index contributed by atoms with van der Waals surface area (Å²) in [4.78, 5) is 0. The van der Waals surface area contributed by atoms with Crippen LogP contribution in [0.3, 0.4) is 0 Å². The van der Waals surface area contributed by atoms with Gasteiger partial charge in [-0.1, -0.05) is 41.4 Å². The molecule has 1 saturated carbocycles. The maximum Gasteiger partial charge on any atom is 0.0208 e. The zero-order chi connectivity index (χ0) is 11.4. The Morgan fingerprint density at radius 2 is 2.25 bits per heavy atom. The van der Waals surface area contributed by atoms with E-state index in [1.165, 1.54) is 35.7 Å². The van der Waals surface area contributed by atoms with Gasteiger partial charge in [0.2, 0.25) is 0 Å². The van der Waals surface area contributed by atoms with Crippen LogP contribution in [0.1, 0.15) is 38.2 Å². The fourth-order valence-corrected chi connectivity index (χ4v) is 2.99. The SMILES string of the molecule is CCC1CCC(NCc2cccc(Br)c2)C1. The molecule has 0 aromatic heterocycles. The molecule has 1 aromatic carbocycles. The quantitative estimate of drug-likeness (QED) is 0.876. The van der Waals surface area contributed by atoms with Crippen molar-refractivity contribution in [1.29, 1.82) is 0 Å². The molecule has 0 spiro atoms. The topological polar surface area (TPSA) is 12.0 Å². The van der Waals surface area contributed by atoms with Crippen molar-refractivity contribution in [3.8, 4) is 0 Å². The van der Waals surface area contributed by atoms with Crippen LogP contribution < -0.4 is 5.32 Å². The third-order valence-corrected chi connectivity index (χ3v) is 4.10. The monoisotopic (exact) mass is 281 g/mol. The first-order valence-electron chi connectivity index (χ1n) is 6.25. The lowest BCUT2D eigenvalue weighted by Gasteiger charge is -2.13. The van der Waals surface area contributed by atoms with Crippen molar-refractivity contribution in [1.82, 2.24) is 5.32 Å². The van der Waals surface area contributed by atoms with E-state index in [0.717, 1.165) is 18.5 Å². The number of rotatable bonds is 4. The van der Waals surface area contributed by atoms with Crippen molar-refractivity contribution < 1.29 is 0 Å². The normalized spacial score (nSPS) is 24.9. The molecule has 2 unspecified atom stereocenters. The Bertz CT molecular complexity index is 337. The van der Waals surface area contributed by atoms with E-state index in [9.17, 15) is 0 Å². The molecule has 2 atom stereocenters. The lowest BCUT2D eigenvalue weighted by atomic mass is 10.1. The van der Waals surface area contributed by atoms with Crippen molar-refractivity contribution in [3.05, 3.63) is 34.3 Å². The largest absolute Gasteiger partial charge is 0.310 e. The first-order valence-corrected chi connectivity index (χ1v) is 7.05. The van der Waals surface area contributed by atoms with Gasteiger partial charge in [-0.3, -0.25) is 0 Å². The molecule has 0 heterocycles. The van der Waals surface area contributed by atoms with Gasteiger partial charge in [0.05, 0.1) is 0 Å². The summed E-state index contributed by atoms with van der Waals surface area (Å²) in [6.07, 6.45) is 5.47. The summed E-state index contributed by atoms with van der Waals surface area (Å²) in [6, 6.07) is 9.30. The highest BCUT2D eigenvalue weighted by Gasteiger charge is 2.22. The van der Waals surface area contributed by atoms with E-state index in [0.29, 0.717) is 0 Å². The Morgan fingerprint density at radius 3 is 2.94 bits per heavy atom. The molecule has 1 nitrogen and oxygen atoms in total. The minimum atomic E-state index is 0.740. The third kappa shape index (κ3) is 3.33. The Labute approximate surface area is 107 Å². The molecule has 1 aromatic rings. The average Bonchev–Trinajstić information content (AvgIpc) is 2.74. The second-order valence-electron chi connectivity index (χ2n) is 4.80. The van der Waals surface area contributed by atoms with Gasteiger partial charge in [0, 0.05) is 17.1 Å². The molecule has 16 heavy (non-hydrogen) atoms. The maximum atomic E-state index is 3.67. The Morgan fingerprint density at radius 1 is 1.38 bits per heavy atom. The van der Waals surface area contributed by atoms with Gasteiger partial charge < -0.3 is 5.32 Å². The summed E-state index contributed by atoms with van der Waals surface area (Å²) in [7, 11) is 0. The molecule has 0 radical (unpaired) electrons. The number of nitrogens with one attached hydrogen (secondary N) is 1. The summed E-state index contributed by atoms with van der Waals surface area (Å²) in [5, 5.41) is 3.67. The Kier molecular flexibility index (Phi) is 4.42. The molecule has 0 amide bonds. The Hall–Kier alpha value is -0.340. The zero-order valence-electron chi connectivity index (χ0n) is 9.88. The molecule has 1 N–H and O–H groups in total. The van der Waals surface area contributed by atoms with E-state index >= 15 is 0 Å². The van der Waals surface area contributed by atoms with E-state index < -0.39 is 0 Å². The molecule has 0 aliphatic heterocycles. The van der Waals surface area contributed by atoms with Gasteiger partial charge in [-0.2, -0.15) is 0 Å². The van der Waals surface area contributed by atoms with Crippen LogP contribution in [0.15, 0.2) is 28.7 Å². The van der Waals surface area contributed by atoms with Gasteiger partial charge in [0.15, 0.2) is 0 Å². The first-order chi connectivity index (χ1) is 7.78. The van der Waals surface area contributed by atoms with E-state index in [2.05, 4.69) is 52.4 Å². The van der Waals surface area contributed by atoms with E-state index in [1.807, 2.05) is 0 Å². The summed E-state index contributed by atoms with van der Waals surface area (Å²) in [5.74, 6) is 0.958. The second-order valence-corrected chi connectivity index (χ2v) is 5.71. The summed E-state index contributed by atoms with van der Waals surface area (Å²) in [6.45, 7) is 3.31. The van der Waals surface area contributed by atoms with Gasteiger partial charge in [0.25, 0.3) is 0 Å². The van der Waals surface area contributed by atoms with Gasteiger partial charge in [-0.05, 0) is 42.9 Å². The van der Waals surface area contributed by atoms with Crippen LogP contribution in [0, 0.1) is 5.92 Å². The number of halogens is 1. The van der Waals surface area contributed by atoms with E-state index in [4.69, 9.17) is 0 Å². The number of hydrogen-bond donors (Lipinski definition) is 1. The van der Waals surface area contributed by atoms with E-state index in [-0.39, 0.29) is 0 Å². The molecule has 1 aliphatic carbocycles. The smallest absolute Gasteiger partial charge is 0.0208 e. The van der Waals surface area contributed by atoms with Crippen molar-refractivity contribution in [2.24, 2.45) is 5.92 Å². The standard InChI is InChI=1S/C14H20BrN/c1-2-11-6-7-14(9-11)16-10-12-4-3-5-13(15)8-12/h3-5,8,11,14,16H,2,6-7,9-10H2,1H3.